The molecular weight excluding hydrogens is 518 g/mol. The highest BCUT2D eigenvalue weighted by Crippen LogP contribution is 2.39. The van der Waals surface area contributed by atoms with E-state index < -0.39 is 12.1 Å². The van der Waals surface area contributed by atoms with Gasteiger partial charge in [0.1, 0.15) is 12.1 Å². The number of hydrogen-bond acceptors (Lipinski definition) is 6. The fourth-order valence-corrected chi connectivity index (χ4v) is 2.91. The van der Waals surface area contributed by atoms with Gasteiger partial charge in [0.2, 0.25) is 0 Å². The van der Waals surface area contributed by atoms with Gasteiger partial charge in [-0.1, -0.05) is 23.2 Å². The van der Waals surface area contributed by atoms with Crippen molar-refractivity contribution < 1.29 is 32.9 Å². The summed E-state index contributed by atoms with van der Waals surface area (Å²) in [5, 5.41) is 21.6. The molecule has 0 aliphatic heterocycles. The Morgan fingerprint density at radius 3 is 2.40 bits per heavy atom. The molecule has 0 aliphatic carbocycles. The van der Waals surface area contributed by atoms with Gasteiger partial charge in [0.15, 0.2) is 11.5 Å². The molecule has 1 heterocycles. The Balaban J connectivity index is 0.000000396. The Labute approximate surface area is 185 Å². The van der Waals surface area contributed by atoms with E-state index in [4.69, 9.17) is 37.8 Å². The Bertz CT molecular complexity index is 1100. The number of carboxylic acid groups (broad SMARTS) is 1. The summed E-state index contributed by atoms with van der Waals surface area (Å²) in [5.41, 5.74) is 1.17. The highest BCUT2D eigenvalue weighted by Gasteiger charge is 2.38. The maximum atomic E-state index is 10.6. The number of carbonyl (C=O) groups is 1. The third kappa shape index (κ3) is 5.55. The molecule has 0 saturated carbocycles. The molecule has 0 aliphatic rings. The lowest BCUT2D eigenvalue weighted by molar-refractivity contribution is -0.192. The fourth-order valence-electron chi connectivity index (χ4n) is 2.09. The standard InChI is InChI=1S/C15H10BrCl2N3O2.C2HF3O2/c1-23-12-4-7-10(5-11(12)22)19-6-20-15(7)21-9-3-2-8(16)13(17)14(9)18;3-2(4,5)1(6)7/h2-6,22H,1H3,(H,19,20,21);(H,6,7). The lowest BCUT2D eigenvalue weighted by Gasteiger charge is -2.12. The number of ether oxygens (including phenoxy) is 1. The van der Waals surface area contributed by atoms with Crippen molar-refractivity contribution in [3.8, 4) is 11.5 Å². The zero-order chi connectivity index (χ0) is 22.6. The number of aromatic nitrogens is 2. The lowest BCUT2D eigenvalue weighted by atomic mass is 10.2. The van der Waals surface area contributed by atoms with E-state index in [1.54, 1.807) is 18.2 Å². The van der Waals surface area contributed by atoms with Crippen molar-refractivity contribution in [3.05, 3.63) is 45.1 Å². The van der Waals surface area contributed by atoms with Crippen LogP contribution in [-0.2, 0) is 4.79 Å². The van der Waals surface area contributed by atoms with Crippen LogP contribution in [0.4, 0.5) is 24.7 Å². The number of alkyl halides is 3. The number of phenolic OH excluding ortho intramolecular Hbond substituents is 1. The molecule has 13 heteroatoms. The van der Waals surface area contributed by atoms with Gasteiger partial charge in [0.25, 0.3) is 0 Å². The minimum absolute atomic E-state index is 0.00867. The smallest absolute Gasteiger partial charge is 0.490 e. The Morgan fingerprint density at radius 2 is 1.83 bits per heavy atom. The molecular formula is C17H11BrCl2F3N3O4. The number of phenols is 1. The van der Waals surface area contributed by atoms with E-state index in [-0.39, 0.29) is 5.75 Å². The molecule has 3 aromatic rings. The number of carboxylic acids is 1. The molecule has 3 N–H and O–H groups in total. The molecule has 7 nitrogen and oxygen atoms in total. The number of aliphatic carboxylic acids is 1. The summed E-state index contributed by atoms with van der Waals surface area (Å²) in [6.07, 6.45) is -3.69. The van der Waals surface area contributed by atoms with E-state index >= 15 is 0 Å². The van der Waals surface area contributed by atoms with Gasteiger partial charge in [0.05, 0.1) is 28.4 Å². The summed E-state index contributed by atoms with van der Waals surface area (Å²) in [6.45, 7) is 0. The Hall–Kier alpha value is -2.50. The van der Waals surface area contributed by atoms with Crippen LogP contribution in [0.5, 0.6) is 11.5 Å². The average Bonchev–Trinajstić information content (AvgIpc) is 2.67. The molecule has 0 bridgehead atoms. The van der Waals surface area contributed by atoms with E-state index in [9.17, 15) is 18.3 Å². The number of aromatic hydroxyl groups is 1. The van der Waals surface area contributed by atoms with Crippen LogP contribution in [0.2, 0.25) is 10.0 Å². The van der Waals surface area contributed by atoms with Crippen LogP contribution in [0, 0.1) is 0 Å². The number of hydrogen-bond donors (Lipinski definition) is 3. The number of halogens is 6. The van der Waals surface area contributed by atoms with Crippen molar-refractivity contribution in [2.45, 2.75) is 6.18 Å². The highest BCUT2D eigenvalue weighted by molar-refractivity contribution is 9.10. The first-order valence-electron chi connectivity index (χ1n) is 7.68. The second-order valence-electron chi connectivity index (χ2n) is 5.41. The summed E-state index contributed by atoms with van der Waals surface area (Å²) in [7, 11) is 1.48. The first-order valence-corrected chi connectivity index (χ1v) is 9.23. The molecule has 2 aromatic carbocycles. The van der Waals surface area contributed by atoms with Crippen molar-refractivity contribution in [2.75, 3.05) is 12.4 Å². The molecule has 0 saturated heterocycles. The summed E-state index contributed by atoms with van der Waals surface area (Å²) < 4.78 is 37.6. The maximum absolute atomic E-state index is 10.6. The number of nitrogens with one attached hydrogen (secondary N) is 1. The zero-order valence-corrected chi connectivity index (χ0v) is 17.9. The van der Waals surface area contributed by atoms with Crippen LogP contribution in [0.3, 0.4) is 0 Å². The van der Waals surface area contributed by atoms with Crippen molar-refractivity contribution in [2.24, 2.45) is 0 Å². The first-order chi connectivity index (χ1) is 14.0. The van der Waals surface area contributed by atoms with Crippen molar-refractivity contribution in [3.63, 3.8) is 0 Å². The molecule has 30 heavy (non-hydrogen) atoms. The van der Waals surface area contributed by atoms with Crippen molar-refractivity contribution in [1.29, 1.82) is 0 Å². The van der Waals surface area contributed by atoms with E-state index in [1.165, 1.54) is 19.5 Å². The van der Waals surface area contributed by atoms with Crippen molar-refractivity contribution in [1.82, 2.24) is 9.97 Å². The van der Waals surface area contributed by atoms with Gasteiger partial charge in [-0.2, -0.15) is 13.2 Å². The largest absolute Gasteiger partial charge is 0.504 e. The topological polar surface area (TPSA) is 105 Å². The molecule has 0 atom stereocenters. The normalized spacial score (nSPS) is 10.9. The summed E-state index contributed by atoms with van der Waals surface area (Å²) in [6, 6.07) is 6.73. The van der Waals surface area contributed by atoms with Crippen LogP contribution in [0.25, 0.3) is 10.9 Å². The van der Waals surface area contributed by atoms with Crippen LogP contribution >= 0.6 is 39.1 Å². The van der Waals surface area contributed by atoms with Gasteiger partial charge in [-0.15, -0.1) is 0 Å². The van der Waals surface area contributed by atoms with E-state index in [0.717, 1.165) is 0 Å². The van der Waals surface area contributed by atoms with Crippen LogP contribution in [-0.4, -0.2) is 39.4 Å². The van der Waals surface area contributed by atoms with E-state index in [2.05, 4.69) is 31.2 Å². The predicted molar refractivity (Wildman–Crippen MR) is 109 cm³/mol. The molecule has 3 rings (SSSR count). The number of nitrogens with zero attached hydrogens (tertiary/aromatic N) is 2. The van der Waals surface area contributed by atoms with E-state index in [1.807, 2.05) is 0 Å². The molecule has 0 fully saturated rings. The minimum Gasteiger partial charge on any atom is -0.504 e. The molecule has 0 radical (unpaired) electrons. The number of fused-ring (bicyclic) bond motifs is 1. The highest BCUT2D eigenvalue weighted by atomic mass is 79.9. The predicted octanol–water partition coefficient (Wildman–Crippen LogP) is 5.79. The number of rotatable bonds is 3. The second kappa shape index (κ2) is 9.54. The summed E-state index contributed by atoms with van der Waals surface area (Å²) >= 11 is 15.7. The molecule has 160 valence electrons. The lowest BCUT2D eigenvalue weighted by Crippen LogP contribution is -2.21. The van der Waals surface area contributed by atoms with Crippen molar-refractivity contribution >= 4 is 67.5 Å². The third-order valence-corrected chi connectivity index (χ3v) is 5.24. The minimum atomic E-state index is -5.08. The summed E-state index contributed by atoms with van der Waals surface area (Å²) in [5.74, 6) is -1.90. The molecule has 0 amide bonds. The van der Waals surface area contributed by atoms with Crippen LogP contribution in [0.1, 0.15) is 0 Å². The number of benzene rings is 2. The first kappa shape index (κ1) is 23.8. The van der Waals surface area contributed by atoms with Gasteiger partial charge in [-0.05, 0) is 34.1 Å². The molecule has 0 unspecified atom stereocenters. The number of methoxy groups -OCH3 is 1. The third-order valence-electron chi connectivity index (χ3n) is 3.47. The van der Waals surface area contributed by atoms with Gasteiger partial charge in [0, 0.05) is 15.9 Å². The fraction of sp³-hybridized carbons (Fsp3) is 0.118. The molecule has 0 spiro atoms. The zero-order valence-electron chi connectivity index (χ0n) is 14.8. The SMILES string of the molecule is COc1cc2c(Nc3ccc(Br)c(Cl)c3Cl)ncnc2cc1O.O=C(O)C(F)(F)F. The maximum Gasteiger partial charge on any atom is 0.490 e. The quantitative estimate of drug-likeness (QED) is 0.369. The van der Waals surface area contributed by atoms with Gasteiger partial charge >= 0.3 is 12.1 Å². The average molecular weight is 529 g/mol. The monoisotopic (exact) mass is 527 g/mol. The van der Waals surface area contributed by atoms with Crippen LogP contribution < -0.4 is 10.1 Å². The summed E-state index contributed by atoms with van der Waals surface area (Å²) in [4.78, 5) is 17.3. The van der Waals surface area contributed by atoms with Gasteiger partial charge in [-0.25, -0.2) is 14.8 Å². The Kier molecular flexibility index (Phi) is 7.56. The second-order valence-corrected chi connectivity index (χ2v) is 7.02. The van der Waals surface area contributed by atoms with Gasteiger partial charge < -0.3 is 20.3 Å². The van der Waals surface area contributed by atoms with E-state index in [0.29, 0.717) is 42.7 Å². The van der Waals surface area contributed by atoms with Crippen LogP contribution in [0.15, 0.2) is 35.1 Å². The molecule has 1 aromatic heterocycles. The Morgan fingerprint density at radius 1 is 1.20 bits per heavy atom. The number of anilines is 2. The van der Waals surface area contributed by atoms with Gasteiger partial charge in [-0.3, -0.25) is 0 Å².